The van der Waals surface area contributed by atoms with Gasteiger partial charge < -0.3 is 9.15 Å². The molecule has 2 rings (SSSR count). The van der Waals surface area contributed by atoms with Crippen LogP contribution < -0.4 is 0 Å². The van der Waals surface area contributed by atoms with Crippen LogP contribution >= 0.6 is 23.1 Å². The molecule has 0 aliphatic carbocycles. The summed E-state index contributed by atoms with van der Waals surface area (Å²) in [5.74, 6) is 2.33. The van der Waals surface area contributed by atoms with Crippen molar-refractivity contribution in [3.63, 3.8) is 0 Å². The van der Waals surface area contributed by atoms with Crippen LogP contribution in [0.25, 0.3) is 0 Å². The van der Waals surface area contributed by atoms with Gasteiger partial charge in [0.15, 0.2) is 4.34 Å². The van der Waals surface area contributed by atoms with Crippen LogP contribution in [0.5, 0.6) is 0 Å². The molecule has 2 aromatic heterocycles. The van der Waals surface area contributed by atoms with Crippen LogP contribution in [-0.4, -0.2) is 22.5 Å². The van der Waals surface area contributed by atoms with Crippen LogP contribution in [0.2, 0.25) is 0 Å². The Labute approximate surface area is 132 Å². The number of thiazole rings is 1. The summed E-state index contributed by atoms with van der Waals surface area (Å²) in [6.45, 7) is 6.33. The first-order valence-corrected chi connectivity index (χ1v) is 8.62. The average molecular weight is 326 g/mol. The third-order valence-electron chi connectivity index (χ3n) is 2.62. The van der Waals surface area contributed by atoms with Gasteiger partial charge in [0.05, 0.1) is 30.7 Å². The molecule has 0 amide bonds. The molecule has 2 heterocycles. The summed E-state index contributed by atoms with van der Waals surface area (Å²) >= 11 is 3.08. The molecule has 0 bridgehead atoms. The van der Waals surface area contributed by atoms with Crippen LogP contribution in [0, 0.1) is 0 Å². The Morgan fingerprint density at radius 3 is 3.00 bits per heavy atom. The van der Waals surface area contributed by atoms with E-state index in [0.717, 1.165) is 15.8 Å². The molecule has 0 N–H and O–H groups in total. The smallest absolute Gasteiger partial charge is 0.311 e. The first-order chi connectivity index (χ1) is 10.1. The summed E-state index contributed by atoms with van der Waals surface area (Å²) in [5, 5.41) is 1.88. The lowest BCUT2D eigenvalue weighted by Gasteiger charge is -1.98. The highest BCUT2D eigenvalue weighted by atomic mass is 32.2. The van der Waals surface area contributed by atoms with E-state index in [1.54, 1.807) is 24.9 Å². The van der Waals surface area contributed by atoms with Crippen molar-refractivity contribution in [3.05, 3.63) is 28.9 Å². The minimum Gasteiger partial charge on any atom is -0.466 e. The number of nitrogens with zero attached hydrogens (tertiary/aromatic N) is 2. The number of carbonyl (C=O) groups excluding carboxylic acids is 1. The van der Waals surface area contributed by atoms with E-state index >= 15 is 0 Å². The molecule has 0 atom stereocenters. The summed E-state index contributed by atoms with van der Waals surface area (Å²) in [7, 11) is 0. The first kappa shape index (κ1) is 16.0. The Hall–Kier alpha value is -1.34. The van der Waals surface area contributed by atoms with E-state index in [4.69, 9.17) is 9.15 Å². The fourth-order valence-electron chi connectivity index (χ4n) is 1.58. The molecule has 2 aromatic rings. The van der Waals surface area contributed by atoms with E-state index in [0.29, 0.717) is 24.2 Å². The molecule has 0 radical (unpaired) electrons. The number of aromatic nitrogens is 2. The normalized spacial score (nSPS) is 11.0. The number of hydrogen-bond acceptors (Lipinski definition) is 7. The number of ether oxygens (including phenoxy) is 1. The molecule has 0 saturated carbocycles. The molecule has 0 fully saturated rings. The summed E-state index contributed by atoms with van der Waals surface area (Å²) in [5.41, 5.74) is 0.747. The summed E-state index contributed by atoms with van der Waals surface area (Å²) < 4.78 is 11.4. The second-order valence-electron chi connectivity index (χ2n) is 4.69. The monoisotopic (exact) mass is 326 g/mol. The Kier molecular flexibility index (Phi) is 5.81. The van der Waals surface area contributed by atoms with Crippen LogP contribution in [0.15, 0.2) is 20.3 Å². The maximum Gasteiger partial charge on any atom is 0.311 e. The van der Waals surface area contributed by atoms with E-state index in [-0.39, 0.29) is 12.4 Å². The standard InChI is InChI=1S/C14H18N2O3S2/c1-4-18-13(17)5-10-7-20-14(16-10)21-8-12-15-6-11(19-12)9(2)3/h6-7,9H,4-5,8H2,1-3H3. The van der Waals surface area contributed by atoms with E-state index in [1.165, 1.54) is 11.3 Å². The second-order valence-corrected chi connectivity index (χ2v) is 6.77. The number of esters is 1. The van der Waals surface area contributed by atoms with Crippen molar-refractivity contribution in [2.75, 3.05) is 6.61 Å². The molecule has 0 saturated heterocycles. The second kappa shape index (κ2) is 7.61. The van der Waals surface area contributed by atoms with Gasteiger partial charge in [0.25, 0.3) is 0 Å². The molecule has 21 heavy (non-hydrogen) atoms. The highest BCUT2D eigenvalue weighted by Crippen LogP contribution is 2.27. The quantitative estimate of drug-likeness (QED) is 0.571. The fraction of sp³-hybridized carbons (Fsp3) is 0.500. The van der Waals surface area contributed by atoms with Gasteiger partial charge in [-0.1, -0.05) is 25.6 Å². The predicted octanol–water partition coefficient (Wildman–Crippen LogP) is 3.65. The largest absolute Gasteiger partial charge is 0.466 e. The van der Waals surface area contributed by atoms with Crippen LogP contribution in [0.1, 0.15) is 44.0 Å². The van der Waals surface area contributed by atoms with Gasteiger partial charge in [0.1, 0.15) is 5.76 Å². The maximum absolute atomic E-state index is 11.4. The van der Waals surface area contributed by atoms with Crippen molar-refractivity contribution in [2.24, 2.45) is 0 Å². The van der Waals surface area contributed by atoms with Crippen molar-refractivity contribution in [1.29, 1.82) is 0 Å². The third kappa shape index (κ3) is 4.86. The average Bonchev–Trinajstić information content (AvgIpc) is 3.05. The van der Waals surface area contributed by atoms with Gasteiger partial charge in [-0.05, 0) is 6.92 Å². The summed E-state index contributed by atoms with van der Waals surface area (Å²) in [4.78, 5) is 20.0. The number of oxazole rings is 1. The fourth-order valence-corrected chi connectivity index (χ4v) is 3.28. The van der Waals surface area contributed by atoms with Crippen molar-refractivity contribution >= 4 is 29.1 Å². The number of hydrogen-bond donors (Lipinski definition) is 0. The van der Waals surface area contributed by atoms with Crippen LogP contribution in [0.4, 0.5) is 0 Å². The molecule has 0 aliphatic rings. The Morgan fingerprint density at radius 1 is 1.52 bits per heavy atom. The minimum absolute atomic E-state index is 0.224. The van der Waals surface area contributed by atoms with Crippen molar-refractivity contribution in [3.8, 4) is 0 Å². The van der Waals surface area contributed by atoms with Gasteiger partial charge in [-0.25, -0.2) is 9.97 Å². The molecule has 0 unspecified atom stereocenters. The Bertz CT molecular complexity index is 593. The molecular weight excluding hydrogens is 308 g/mol. The molecule has 0 spiro atoms. The first-order valence-electron chi connectivity index (χ1n) is 6.76. The van der Waals surface area contributed by atoms with Gasteiger partial charge in [-0.2, -0.15) is 0 Å². The number of carbonyl (C=O) groups is 1. The number of thioether (sulfide) groups is 1. The molecule has 5 nitrogen and oxygen atoms in total. The highest BCUT2D eigenvalue weighted by Gasteiger charge is 2.11. The van der Waals surface area contributed by atoms with E-state index < -0.39 is 0 Å². The number of rotatable bonds is 7. The van der Waals surface area contributed by atoms with Crippen LogP contribution in [0.3, 0.4) is 0 Å². The molecule has 0 aromatic carbocycles. The topological polar surface area (TPSA) is 65.2 Å². The molecule has 7 heteroatoms. The Balaban J connectivity index is 1.86. The zero-order valence-corrected chi connectivity index (χ0v) is 13.9. The van der Waals surface area contributed by atoms with Crippen molar-refractivity contribution < 1.29 is 13.9 Å². The van der Waals surface area contributed by atoms with Gasteiger partial charge in [-0.15, -0.1) is 11.3 Å². The lowest BCUT2D eigenvalue weighted by Crippen LogP contribution is -2.07. The third-order valence-corrected chi connectivity index (χ3v) is 4.68. The molecule has 114 valence electrons. The van der Waals surface area contributed by atoms with Gasteiger partial charge >= 0.3 is 5.97 Å². The van der Waals surface area contributed by atoms with Crippen molar-refractivity contribution in [2.45, 2.75) is 43.2 Å². The van der Waals surface area contributed by atoms with Gasteiger partial charge in [0, 0.05) is 11.3 Å². The van der Waals surface area contributed by atoms with E-state index in [9.17, 15) is 4.79 Å². The SMILES string of the molecule is CCOC(=O)Cc1csc(SCc2ncc(C(C)C)o2)n1. The summed E-state index contributed by atoms with van der Waals surface area (Å²) in [6.07, 6.45) is 2.00. The predicted molar refractivity (Wildman–Crippen MR) is 82.6 cm³/mol. The zero-order valence-electron chi connectivity index (χ0n) is 12.3. The molecular formula is C14H18N2O3S2. The maximum atomic E-state index is 11.4. The van der Waals surface area contributed by atoms with Gasteiger partial charge in [0.2, 0.25) is 5.89 Å². The lowest BCUT2D eigenvalue weighted by molar-refractivity contribution is -0.142. The van der Waals surface area contributed by atoms with E-state index in [2.05, 4.69) is 23.8 Å². The highest BCUT2D eigenvalue weighted by molar-refractivity contribution is 8.00. The minimum atomic E-state index is -0.242. The van der Waals surface area contributed by atoms with Crippen molar-refractivity contribution in [1.82, 2.24) is 9.97 Å². The molecule has 0 aliphatic heterocycles. The van der Waals surface area contributed by atoms with E-state index in [1.807, 2.05) is 5.38 Å². The lowest BCUT2D eigenvalue weighted by atomic mass is 10.2. The van der Waals surface area contributed by atoms with Gasteiger partial charge in [-0.3, -0.25) is 4.79 Å². The summed E-state index contributed by atoms with van der Waals surface area (Å²) in [6, 6.07) is 0. The zero-order chi connectivity index (χ0) is 15.2. The Morgan fingerprint density at radius 2 is 2.33 bits per heavy atom. The van der Waals surface area contributed by atoms with Crippen LogP contribution in [-0.2, 0) is 21.7 Å².